The zero-order valence-electron chi connectivity index (χ0n) is 29.9. The second-order valence-corrected chi connectivity index (χ2v) is 14.6. The van der Waals surface area contributed by atoms with Gasteiger partial charge in [0.25, 0.3) is 0 Å². The van der Waals surface area contributed by atoms with Gasteiger partial charge in [-0.25, -0.2) is 0 Å². The number of hydrogen-bond acceptors (Lipinski definition) is 1. The van der Waals surface area contributed by atoms with Gasteiger partial charge in [-0.05, 0) is 105 Å². The topological polar surface area (TPSA) is 8.17 Å². The predicted octanol–water partition coefficient (Wildman–Crippen LogP) is 13.9. The maximum Gasteiger partial charge on any atom is 0.0547 e. The van der Waals surface area contributed by atoms with Gasteiger partial charge in [0.05, 0.1) is 11.0 Å². The SMILES string of the molecule is CC1(C)c2ccccc2-c2ccc(N(c3cccc(-c4ccccc4)c3)c3cccc(-c4ccc5c6ccccc6n(-c6ccccc6)c5c4)c3)cc21. The maximum atomic E-state index is 2.43. The highest BCUT2D eigenvalue weighted by atomic mass is 15.1. The van der Waals surface area contributed by atoms with E-state index in [0.717, 1.165) is 22.7 Å². The van der Waals surface area contributed by atoms with E-state index in [1.54, 1.807) is 0 Å². The van der Waals surface area contributed by atoms with Crippen LogP contribution in [-0.2, 0) is 5.41 Å². The molecule has 0 N–H and O–H groups in total. The van der Waals surface area contributed by atoms with E-state index in [1.165, 1.54) is 66.3 Å². The molecule has 10 rings (SSSR count). The first-order valence-corrected chi connectivity index (χ1v) is 18.4. The number of para-hydroxylation sites is 2. The van der Waals surface area contributed by atoms with Crippen molar-refractivity contribution < 1.29 is 0 Å². The van der Waals surface area contributed by atoms with Crippen molar-refractivity contribution in [2.45, 2.75) is 19.3 Å². The number of aromatic nitrogens is 1. The summed E-state index contributed by atoms with van der Waals surface area (Å²) in [6.07, 6.45) is 0. The summed E-state index contributed by atoms with van der Waals surface area (Å²) in [5.41, 5.74) is 17.0. The van der Waals surface area contributed by atoms with E-state index in [4.69, 9.17) is 0 Å². The molecule has 0 bridgehead atoms. The van der Waals surface area contributed by atoms with Gasteiger partial charge in [-0.3, -0.25) is 0 Å². The van der Waals surface area contributed by atoms with E-state index in [2.05, 4.69) is 217 Å². The third kappa shape index (κ3) is 5.10. The third-order valence-corrected chi connectivity index (χ3v) is 11.2. The molecule has 0 atom stereocenters. The van der Waals surface area contributed by atoms with Crippen LogP contribution in [0, 0.1) is 0 Å². The van der Waals surface area contributed by atoms with E-state index in [0.29, 0.717) is 0 Å². The molecular formula is C51H38N2. The highest BCUT2D eigenvalue weighted by Crippen LogP contribution is 2.51. The Labute approximate surface area is 310 Å². The van der Waals surface area contributed by atoms with E-state index >= 15 is 0 Å². The quantitative estimate of drug-likeness (QED) is 0.170. The van der Waals surface area contributed by atoms with Crippen LogP contribution < -0.4 is 4.90 Å². The molecule has 1 heterocycles. The van der Waals surface area contributed by atoms with Gasteiger partial charge in [-0.1, -0.05) is 147 Å². The van der Waals surface area contributed by atoms with Gasteiger partial charge in [0.1, 0.15) is 0 Å². The molecule has 9 aromatic rings. The Morgan fingerprint density at radius 3 is 1.72 bits per heavy atom. The van der Waals surface area contributed by atoms with Crippen molar-refractivity contribution in [3.63, 3.8) is 0 Å². The second-order valence-electron chi connectivity index (χ2n) is 14.6. The van der Waals surface area contributed by atoms with Gasteiger partial charge in [0.2, 0.25) is 0 Å². The molecule has 1 aliphatic rings. The normalized spacial score (nSPS) is 12.9. The van der Waals surface area contributed by atoms with Gasteiger partial charge in [-0.2, -0.15) is 0 Å². The predicted molar refractivity (Wildman–Crippen MR) is 224 cm³/mol. The largest absolute Gasteiger partial charge is 0.310 e. The van der Waals surface area contributed by atoms with E-state index in [9.17, 15) is 0 Å². The van der Waals surface area contributed by atoms with Crippen molar-refractivity contribution in [3.8, 4) is 39.1 Å². The highest BCUT2D eigenvalue weighted by molar-refractivity contribution is 6.10. The Bertz CT molecular complexity index is 2810. The summed E-state index contributed by atoms with van der Waals surface area (Å²) in [6, 6.07) is 70.9. The summed E-state index contributed by atoms with van der Waals surface area (Å²) in [5.74, 6) is 0. The smallest absolute Gasteiger partial charge is 0.0547 e. The Balaban J connectivity index is 1.14. The molecule has 2 heteroatoms. The van der Waals surface area contributed by atoms with Crippen LogP contribution in [0.2, 0.25) is 0 Å². The van der Waals surface area contributed by atoms with Crippen molar-refractivity contribution in [2.75, 3.05) is 4.90 Å². The van der Waals surface area contributed by atoms with Crippen molar-refractivity contribution >= 4 is 38.9 Å². The molecule has 1 aliphatic carbocycles. The van der Waals surface area contributed by atoms with Crippen molar-refractivity contribution in [1.29, 1.82) is 0 Å². The Morgan fingerprint density at radius 1 is 0.377 bits per heavy atom. The van der Waals surface area contributed by atoms with Crippen LogP contribution >= 0.6 is 0 Å². The molecule has 0 spiro atoms. The van der Waals surface area contributed by atoms with Crippen molar-refractivity contribution in [1.82, 2.24) is 4.57 Å². The maximum absolute atomic E-state index is 2.43. The number of rotatable bonds is 6. The van der Waals surface area contributed by atoms with Gasteiger partial charge >= 0.3 is 0 Å². The molecule has 0 amide bonds. The zero-order chi connectivity index (χ0) is 35.5. The molecule has 0 radical (unpaired) electrons. The molecule has 0 saturated heterocycles. The summed E-state index contributed by atoms with van der Waals surface area (Å²) in [7, 11) is 0. The van der Waals surface area contributed by atoms with E-state index in [1.807, 2.05) is 0 Å². The second kappa shape index (κ2) is 12.3. The minimum absolute atomic E-state index is 0.103. The molecule has 2 nitrogen and oxygen atoms in total. The van der Waals surface area contributed by atoms with Crippen LogP contribution in [0.3, 0.4) is 0 Å². The van der Waals surface area contributed by atoms with Crippen LogP contribution in [0.1, 0.15) is 25.0 Å². The lowest BCUT2D eigenvalue weighted by molar-refractivity contribution is 0.660. The summed E-state index contributed by atoms with van der Waals surface area (Å²) >= 11 is 0. The molecular weight excluding hydrogens is 641 g/mol. The number of benzene rings is 8. The van der Waals surface area contributed by atoms with Gasteiger partial charge in [0, 0.05) is 38.9 Å². The van der Waals surface area contributed by atoms with Crippen LogP contribution in [0.25, 0.3) is 60.9 Å². The molecule has 1 aromatic heterocycles. The van der Waals surface area contributed by atoms with Crippen LogP contribution in [0.15, 0.2) is 194 Å². The number of nitrogens with zero attached hydrogens (tertiary/aromatic N) is 2. The zero-order valence-corrected chi connectivity index (χ0v) is 29.9. The first-order chi connectivity index (χ1) is 26.0. The Kier molecular flexibility index (Phi) is 7.19. The lowest BCUT2D eigenvalue weighted by Gasteiger charge is -2.29. The Morgan fingerprint density at radius 2 is 0.943 bits per heavy atom. The molecule has 252 valence electrons. The fourth-order valence-corrected chi connectivity index (χ4v) is 8.56. The molecule has 0 fully saturated rings. The van der Waals surface area contributed by atoms with Crippen LogP contribution in [-0.4, -0.2) is 4.57 Å². The highest BCUT2D eigenvalue weighted by Gasteiger charge is 2.35. The fourth-order valence-electron chi connectivity index (χ4n) is 8.56. The van der Waals surface area contributed by atoms with Crippen LogP contribution in [0.4, 0.5) is 17.1 Å². The van der Waals surface area contributed by atoms with Crippen LogP contribution in [0.5, 0.6) is 0 Å². The average Bonchev–Trinajstić information content (AvgIpc) is 3.67. The summed E-state index contributed by atoms with van der Waals surface area (Å²) in [5, 5.41) is 2.52. The summed E-state index contributed by atoms with van der Waals surface area (Å²) in [4.78, 5) is 2.43. The first kappa shape index (κ1) is 31.1. The summed E-state index contributed by atoms with van der Waals surface area (Å²) in [6.45, 7) is 4.71. The number of anilines is 3. The molecule has 0 unspecified atom stereocenters. The molecule has 53 heavy (non-hydrogen) atoms. The first-order valence-electron chi connectivity index (χ1n) is 18.4. The molecule has 8 aromatic carbocycles. The van der Waals surface area contributed by atoms with Gasteiger partial charge in [0.15, 0.2) is 0 Å². The molecule has 0 aliphatic heterocycles. The number of fused-ring (bicyclic) bond motifs is 6. The minimum atomic E-state index is -0.103. The summed E-state index contributed by atoms with van der Waals surface area (Å²) < 4.78 is 2.39. The fraction of sp³-hybridized carbons (Fsp3) is 0.0588. The number of hydrogen-bond donors (Lipinski definition) is 0. The van der Waals surface area contributed by atoms with E-state index in [-0.39, 0.29) is 5.41 Å². The van der Waals surface area contributed by atoms with Gasteiger partial charge < -0.3 is 9.47 Å². The van der Waals surface area contributed by atoms with Crippen molar-refractivity contribution in [2.24, 2.45) is 0 Å². The average molecular weight is 679 g/mol. The van der Waals surface area contributed by atoms with Gasteiger partial charge in [-0.15, -0.1) is 0 Å². The third-order valence-electron chi connectivity index (χ3n) is 11.2. The minimum Gasteiger partial charge on any atom is -0.310 e. The lowest BCUT2D eigenvalue weighted by Crippen LogP contribution is -2.16. The monoisotopic (exact) mass is 678 g/mol. The van der Waals surface area contributed by atoms with Crippen molar-refractivity contribution in [3.05, 3.63) is 205 Å². The molecule has 0 saturated carbocycles. The Hall–Kier alpha value is -6.64. The lowest BCUT2D eigenvalue weighted by atomic mass is 9.82. The standard InChI is InChI=1S/C51H38N2/c1-51(2)47-25-11-9-23-43(47)44-30-28-42(34-48(44)51)52(40-21-13-17-36(31-40)35-15-5-3-6-16-35)41-22-14-18-37(32-41)38-27-29-46-45-24-10-12-26-49(45)53(50(46)33-38)39-19-7-4-8-20-39/h3-34H,1-2H3. The van der Waals surface area contributed by atoms with E-state index < -0.39 is 0 Å².